The van der Waals surface area contributed by atoms with Crippen molar-refractivity contribution in [1.29, 1.82) is 0 Å². The highest BCUT2D eigenvalue weighted by Gasteiger charge is 2.39. The van der Waals surface area contributed by atoms with Gasteiger partial charge in [0.1, 0.15) is 0 Å². The van der Waals surface area contributed by atoms with E-state index in [-0.39, 0.29) is 22.9 Å². The predicted molar refractivity (Wildman–Crippen MR) is 109 cm³/mol. The van der Waals surface area contributed by atoms with Gasteiger partial charge in [-0.2, -0.15) is 0 Å². The van der Waals surface area contributed by atoms with E-state index in [2.05, 4.69) is 45.3 Å². The number of carbonyl (C=O) groups excluding carboxylic acids is 2. The SMILES string of the molecule is CCCCCC(=O)NC1(C)CCC(C(C)(C)NC(=O)CCCCC)CC1. The Bertz CT molecular complexity index is 437. The molecule has 0 aromatic rings. The molecule has 1 saturated carbocycles. The molecule has 1 aliphatic carbocycles. The number of unbranched alkanes of at least 4 members (excludes halogenated alkanes) is 4. The van der Waals surface area contributed by atoms with Crippen molar-refractivity contribution in [2.45, 2.75) is 123 Å². The zero-order chi connectivity index (χ0) is 19.6. The standard InChI is InChI=1S/C22H42N2O2/c1-6-8-10-12-19(25)23-21(3,4)18-14-16-22(5,17-15-18)24-20(26)13-11-9-7-2/h18H,6-17H2,1-5H3,(H,23,25)(H,24,26). The minimum Gasteiger partial charge on any atom is -0.351 e. The second kappa shape index (κ2) is 10.9. The van der Waals surface area contributed by atoms with Gasteiger partial charge in [-0.15, -0.1) is 0 Å². The molecule has 4 heteroatoms. The summed E-state index contributed by atoms with van der Waals surface area (Å²) in [5, 5.41) is 6.54. The van der Waals surface area contributed by atoms with Crippen LogP contribution in [0.2, 0.25) is 0 Å². The zero-order valence-electron chi connectivity index (χ0n) is 17.9. The summed E-state index contributed by atoms with van der Waals surface area (Å²) in [6, 6.07) is 0. The van der Waals surface area contributed by atoms with E-state index < -0.39 is 0 Å². The quantitative estimate of drug-likeness (QED) is 0.499. The minimum atomic E-state index is -0.171. The molecule has 0 spiro atoms. The van der Waals surface area contributed by atoms with Gasteiger partial charge < -0.3 is 10.6 Å². The molecule has 0 heterocycles. The number of rotatable bonds is 11. The predicted octanol–water partition coefficient (Wildman–Crippen LogP) is 5.11. The molecule has 26 heavy (non-hydrogen) atoms. The number of nitrogens with one attached hydrogen (secondary N) is 2. The van der Waals surface area contributed by atoms with Gasteiger partial charge in [0.25, 0.3) is 0 Å². The molecular weight excluding hydrogens is 324 g/mol. The van der Waals surface area contributed by atoms with Crippen LogP contribution in [0.5, 0.6) is 0 Å². The first-order chi connectivity index (χ1) is 12.2. The molecule has 4 nitrogen and oxygen atoms in total. The Morgan fingerprint density at radius 3 is 1.92 bits per heavy atom. The van der Waals surface area contributed by atoms with Crippen molar-refractivity contribution in [3.8, 4) is 0 Å². The van der Waals surface area contributed by atoms with E-state index in [9.17, 15) is 9.59 Å². The van der Waals surface area contributed by atoms with Crippen molar-refractivity contribution >= 4 is 11.8 Å². The van der Waals surface area contributed by atoms with Crippen LogP contribution in [0.25, 0.3) is 0 Å². The Balaban J connectivity index is 2.42. The zero-order valence-corrected chi connectivity index (χ0v) is 17.9. The summed E-state index contributed by atoms with van der Waals surface area (Å²) in [7, 11) is 0. The molecule has 0 radical (unpaired) electrons. The first-order valence-electron chi connectivity index (χ1n) is 10.8. The molecule has 0 aromatic heterocycles. The van der Waals surface area contributed by atoms with Crippen LogP contribution in [0.3, 0.4) is 0 Å². The van der Waals surface area contributed by atoms with Crippen molar-refractivity contribution in [3.05, 3.63) is 0 Å². The summed E-state index contributed by atoms with van der Waals surface area (Å²) in [4.78, 5) is 24.4. The fourth-order valence-corrected chi connectivity index (χ4v) is 4.10. The highest BCUT2D eigenvalue weighted by molar-refractivity contribution is 5.77. The Hall–Kier alpha value is -1.06. The van der Waals surface area contributed by atoms with Crippen molar-refractivity contribution in [3.63, 3.8) is 0 Å². The molecule has 0 unspecified atom stereocenters. The molecule has 1 aliphatic rings. The van der Waals surface area contributed by atoms with Crippen LogP contribution in [0, 0.1) is 5.92 Å². The van der Waals surface area contributed by atoms with Crippen molar-refractivity contribution in [2.75, 3.05) is 0 Å². The molecule has 0 saturated heterocycles. The number of carbonyl (C=O) groups is 2. The Kier molecular flexibility index (Phi) is 9.67. The summed E-state index contributed by atoms with van der Waals surface area (Å²) in [5.41, 5.74) is -0.253. The molecule has 0 aliphatic heterocycles. The van der Waals surface area contributed by atoms with Crippen LogP contribution in [-0.4, -0.2) is 22.9 Å². The lowest BCUT2D eigenvalue weighted by molar-refractivity contribution is -0.123. The van der Waals surface area contributed by atoms with E-state index in [1.54, 1.807) is 0 Å². The summed E-state index contributed by atoms with van der Waals surface area (Å²) in [6.45, 7) is 10.8. The lowest BCUT2D eigenvalue weighted by Gasteiger charge is -2.44. The van der Waals surface area contributed by atoms with Crippen molar-refractivity contribution < 1.29 is 9.59 Å². The van der Waals surface area contributed by atoms with E-state index in [0.29, 0.717) is 18.8 Å². The Morgan fingerprint density at radius 2 is 1.42 bits per heavy atom. The highest BCUT2D eigenvalue weighted by Crippen LogP contribution is 2.37. The summed E-state index contributed by atoms with van der Waals surface area (Å²) in [5.74, 6) is 0.853. The third-order valence-electron chi connectivity index (χ3n) is 6.03. The molecule has 1 fully saturated rings. The average molecular weight is 367 g/mol. The van der Waals surface area contributed by atoms with Gasteiger partial charge in [0, 0.05) is 23.9 Å². The molecule has 152 valence electrons. The second-order valence-electron chi connectivity index (χ2n) is 9.07. The molecule has 1 rings (SSSR count). The van der Waals surface area contributed by atoms with E-state index in [1.165, 1.54) is 0 Å². The van der Waals surface area contributed by atoms with Crippen LogP contribution in [0.4, 0.5) is 0 Å². The third-order valence-corrected chi connectivity index (χ3v) is 6.03. The molecule has 2 amide bonds. The maximum atomic E-state index is 12.2. The summed E-state index contributed by atoms with van der Waals surface area (Å²) >= 11 is 0. The molecule has 0 aromatic carbocycles. The van der Waals surface area contributed by atoms with Crippen LogP contribution >= 0.6 is 0 Å². The molecule has 2 N–H and O–H groups in total. The number of hydrogen-bond acceptors (Lipinski definition) is 2. The Labute approximate surface area is 161 Å². The van der Waals surface area contributed by atoms with E-state index in [1.807, 2.05) is 0 Å². The number of amides is 2. The number of hydrogen-bond donors (Lipinski definition) is 2. The maximum absolute atomic E-state index is 12.2. The van der Waals surface area contributed by atoms with Crippen LogP contribution in [-0.2, 0) is 9.59 Å². The fraction of sp³-hybridized carbons (Fsp3) is 0.909. The van der Waals surface area contributed by atoms with Crippen molar-refractivity contribution in [2.24, 2.45) is 5.92 Å². The van der Waals surface area contributed by atoms with E-state index in [0.717, 1.165) is 64.2 Å². The summed E-state index contributed by atoms with van der Waals surface area (Å²) < 4.78 is 0. The van der Waals surface area contributed by atoms with Crippen LogP contribution in [0.15, 0.2) is 0 Å². The molecule has 0 atom stereocenters. The van der Waals surface area contributed by atoms with Gasteiger partial charge in [-0.1, -0.05) is 39.5 Å². The maximum Gasteiger partial charge on any atom is 0.220 e. The van der Waals surface area contributed by atoms with Gasteiger partial charge in [-0.25, -0.2) is 0 Å². The van der Waals surface area contributed by atoms with E-state index in [4.69, 9.17) is 0 Å². The van der Waals surface area contributed by atoms with Crippen LogP contribution in [0.1, 0.15) is 112 Å². The first-order valence-corrected chi connectivity index (χ1v) is 10.8. The van der Waals surface area contributed by atoms with Gasteiger partial charge >= 0.3 is 0 Å². The highest BCUT2D eigenvalue weighted by atomic mass is 16.2. The van der Waals surface area contributed by atoms with Gasteiger partial charge in [0.05, 0.1) is 0 Å². The third kappa shape index (κ3) is 8.09. The van der Waals surface area contributed by atoms with Crippen LogP contribution < -0.4 is 10.6 Å². The average Bonchev–Trinajstić information content (AvgIpc) is 2.55. The van der Waals surface area contributed by atoms with E-state index >= 15 is 0 Å². The van der Waals surface area contributed by atoms with Gasteiger partial charge in [-0.3, -0.25) is 9.59 Å². The van der Waals surface area contributed by atoms with Gasteiger partial charge in [0.15, 0.2) is 0 Å². The smallest absolute Gasteiger partial charge is 0.220 e. The van der Waals surface area contributed by atoms with Gasteiger partial charge in [0.2, 0.25) is 11.8 Å². The normalized spacial score (nSPS) is 23.5. The Morgan fingerprint density at radius 1 is 0.923 bits per heavy atom. The molecule has 0 bridgehead atoms. The lowest BCUT2D eigenvalue weighted by atomic mass is 9.70. The summed E-state index contributed by atoms with van der Waals surface area (Å²) in [6.07, 6.45) is 11.9. The fourth-order valence-electron chi connectivity index (χ4n) is 4.10. The topological polar surface area (TPSA) is 58.2 Å². The van der Waals surface area contributed by atoms with Crippen molar-refractivity contribution in [1.82, 2.24) is 10.6 Å². The largest absolute Gasteiger partial charge is 0.351 e. The first kappa shape index (κ1) is 23.0. The minimum absolute atomic E-state index is 0.0823. The van der Waals surface area contributed by atoms with Gasteiger partial charge in [-0.05, 0) is 65.2 Å². The second-order valence-corrected chi connectivity index (χ2v) is 9.07. The monoisotopic (exact) mass is 366 g/mol. The molecular formula is C22H42N2O2. The lowest BCUT2D eigenvalue weighted by Crippen LogP contribution is -2.54.